The second kappa shape index (κ2) is 7.25. The second-order valence-corrected chi connectivity index (χ2v) is 5.51. The predicted molar refractivity (Wildman–Crippen MR) is 80.8 cm³/mol. The number of hydrogen-bond acceptors (Lipinski definition) is 3. The summed E-state index contributed by atoms with van der Waals surface area (Å²) < 4.78 is 5.08. The van der Waals surface area contributed by atoms with Crippen molar-refractivity contribution in [3.05, 3.63) is 35.9 Å². The van der Waals surface area contributed by atoms with Gasteiger partial charge in [0.2, 0.25) is 5.91 Å². The lowest BCUT2D eigenvalue weighted by Crippen LogP contribution is -2.44. The van der Waals surface area contributed by atoms with Crippen LogP contribution in [0.15, 0.2) is 30.3 Å². The Hall–Kier alpha value is -1.84. The highest BCUT2D eigenvalue weighted by molar-refractivity contribution is 5.84. The molecule has 0 saturated carbocycles. The van der Waals surface area contributed by atoms with Crippen LogP contribution in [0.2, 0.25) is 0 Å². The molecule has 1 aliphatic rings. The molecule has 0 radical (unpaired) electrons. The van der Waals surface area contributed by atoms with E-state index < -0.39 is 0 Å². The normalized spacial score (nSPS) is 19.9. The van der Waals surface area contributed by atoms with E-state index in [0.717, 1.165) is 24.9 Å². The quantitative estimate of drug-likeness (QED) is 0.800. The van der Waals surface area contributed by atoms with Crippen molar-refractivity contribution in [1.29, 1.82) is 0 Å². The number of nitrogens with zero attached hydrogens (tertiary/aromatic N) is 1. The molecular weight excluding hydrogens is 266 g/mol. The number of rotatable bonds is 4. The van der Waals surface area contributed by atoms with Crippen molar-refractivity contribution in [2.45, 2.75) is 32.6 Å². The molecule has 1 fully saturated rings. The summed E-state index contributed by atoms with van der Waals surface area (Å²) in [6.45, 7) is 5.33. The molecule has 2 unspecified atom stereocenters. The molecule has 21 heavy (non-hydrogen) atoms. The summed E-state index contributed by atoms with van der Waals surface area (Å²) in [6.07, 6.45) is 1.67. The molecule has 1 aromatic rings. The van der Waals surface area contributed by atoms with Crippen molar-refractivity contribution in [2.24, 2.45) is 5.92 Å². The fourth-order valence-electron chi connectivity index (χ4n) is 2.79. The summed E-state index contributed by atoms with van der Waals surface area (Å²) in [4.78, 5) is 26.3. The first-order valence-electron chi connectivity index (χ1n) is 7.63. The van der Waals surface area contributed by atoms with Gasteiger partial charge in [-0.1, -0.05) is 30.3 Å². The molecular formula is C17H23NO3. The first kappa shape index (κ1) is 15.5. The minimum atomic E-state index is -0.178. The van der Waals surface area contributed by atoms with Crippen LogP contribution >= 0.6 is 0 Å². The van der Waals surface area contributed by atoms with E-state index in [1.165, 1.54) is 0 Å². The molecule has 1 heterocycles. The Labute approximate surface area is 126 Å². The van der Waals surface area contributed by atoms with E-state index in [9.17, 15) is 9.59 Å². The van der Waals surface area contributed by atoms with Crippen molar-refractivity contribution in [3.8, 4) is 0 Å². The van der Waals surface area contributed by atoms with E-state index in [1.54, 1.807) is 6.92 Å². The van der Waals surface area contributed by atoms with Crippen molar-refractivity contribution in [3.63, 3.8) is 0 Å². The zero-order valence-electron chi connectivity index (χ0n) is 12.7. The zero-order valence-corrected chi connectivity index (χ0v) is 12.7. The van der Waals surface area contributed by atoms with Gasteiger partial charge in [0.1, 0.15) is 0 Å². The number of benzene rings is 1. The fraction of sp³-hybridized carbons (Fsp3) is 0.529. The van der Waals surface area contributed by atoms with Gasteiger partial charge < -0.3 is 9.64 Å². The minimum Gasteiger partial charge on any atom is -0.466 e. The molecule has 1 aromatic carbocycles. The average molecular weight is 289 g/mol. The van der Waals surface area contributed by atoms with Gasteiger partial charge in [0, 0.05) is 13.1 Å². The number of likely N-dealkylation sites (tertiary alicyclic amines) is 1. The molecule has 1 saturated heterocycles. The van der Waals surface area contributed by atoms with Gasteiger partial charge in [0.05, 0.1) is 18.4 Å². The molecule has 1 aliphatic heterocycles. The monoisotopic (exact) mass is 289 g/mol. The molecule has 4 heteroatoms. The summed E-state index contributed by atoms with van der Waals surface area (Å²) in [5, 5.41) is 0. The van der Waals surface area contributed by atoms with Crippen LogP contribution in [-0.4, -0.2) is 36.5 Å². The number of esters is 1. The molecule has 0 aliphatic carbocycles. The van der Waals surface area contributed by atoms with Gasteiger partial charge in [-0.05, 0) is 32.3 Å². The van der Waals surface area contributed by atoms with E-state index in [-0.39, 0.29) is 23.7 Å². The standard InChI is InChI=1S/C17H23NO3/c1-3-21-17(20)15-10-7-11-18(12-15)16(19)13(2)14-8-5-4-6-9-14/h4-6,8-9,13,15H,3,7,10-12H2,1-2H3. The largest absolute Gasteiger partial charge is 0.466 e. The van der Waals surface area contributed by atoms with E-state index in [0.29, 0.717) is 13.2 Å². The molecule has 2 rings (SSSR count). The SMILES string of the molecule is CCOC(=O)C1CCCN(C(=O)C(C)c2ccccc2)C1. The molecule has 114 valence electrons. The lowest BCUT2D eigenvalue weighted by molar-refractivity contribution is -0.151. The van der Waals surface area contributed by atoms with Gasteiger partial charge in [-0.25, -0.2) is 0 Å². The molecule has 0 N–H and O–H groups in total. The number of amides is 1. The Kier molecular flexibility index (Phi) is 5.37. The van der Waals surface area contributed by atoms with Crippen LogP contribution in [0.4, 0.5) is 0 Å². The Morgan fingerprint density at radius 2 is 2.05 bits per heavy atom. The summed E-state index contributed by atoms with van der Waals surface area (Å²) in [7, 11) is 0. The first-order chi connectivity index (χ1) is 10.1. The molecule has 0 aromatic heterocycles. The van der Waals surface area contributed by atoms with Crippen LogP contribution in [0.5, 0.6) is 0 Å². The predicted octanol–water partition coefficient (Wildman–Crippen LogP) is 2.59. The zero-order chi connectivity index (χ0) is 15.2. The maximum absolute atomic E-state index is 12.6. The summed E-state index contributed by atoms with van der Waals surface area (Å²) in [6, 6.07) is 9.76. The number of carbonyl (C=O) groups excluding carboxylic acids is 2. The summed E-state index contributed by atoms with van der Waals surface area (Å²) >= 11 is 0. The highest BCUT2D eigenvalue weighted by Crippen LogP contribution is 2.23. The maximum Gasteiger partial charge on any atom is 0.310 e. The third-order valence-corrected chi connectivity index (χ3v) is 4.02. The number of piperidine rings is 1. The van der Waals surface area contributed by atoms with Gasteiger partial charge in [-0.3, -0.25) is 9.59 Å². The maximum atomic E-state index is 12.6. The van der Waals surface area contributed by atoms with Gasteiger partial charge >= 0.3 is 5.97 Å². The lowest BCUT2D eigenvalue weighted by Gasteiger charge is -2.33. The number of ether oxygens (including phenoxy) is 1. The topological polar surface area (TPSA) is 46.6 Å². The van der Waals surface area contributed by atoms with Gasteiger partial charge in [-0.15, -0.1) is 0 Å². The molecule has 4 nitrogen and oxygen atoms in total. The van der Waals surface area contributed by atoms with Gasteiger partial charge in [-0.2, -0.15) is 0 Å². The third-order valence-electron chi connectivity index (χ3n) is 4.02. The van der Waals surface area contributed by atoms with Crippen LogP contribution in [0.25, 0.3) is 0 Å². The third kappa shape index (κ3) is 3.84. The van der Waals surface area contributed by atoms with E-state index in [2.05, 4.69) is 0 Å². The first-order valence-corrected chi connectivity index (χ1v) is 7.63. The van der Waals surface area contributed by atoms with Crippen LogP contribution < -0.4 is 0 Å². The number of carbonyl (C=O) groups is 2. The second-order valence-electron chi connectivity index (χ2n) is 5.51. The van der Waals surface area contributed by atoms with Gasteiger partial charge in [0.25, 0.3) is 0 Å². The van der Waals surface area contributed by atoms with Gasteiger partial charge in [0.15, 0.2) is 0 Å². The molecule has 0 bridgehead atoms. The highest BCUT2D eigenvalue weighted by atomic mass is 16.5. The van der Waals surface area contributed by atoms with Crippen LogP contribution in [0, 0.1) is 5.92 Å². The Bertz CT molecular complexity index is 486. The van der Waals surface area contributed by atoms with Crippen LogP contribution in [-0.2, 0) is 14.3 Å². The van der Waals surface area contributed by atoms with Crippen LogP contribution in [0.1, 0.15) is 38.2 Å². The Morgan fingerprint density at radius 1 is 1.33 bits per heavy atom. The van der Waals surface area contributed by atoms with Crippen molar-refractivity contribution < 1.29 is 14.3 Å². The van der Waals surface area contributed by atoms with E-state index in [1.807, 2.05) is 42.2 Å². The Morgan fingerprint density at radius 3 is 2.71 bits per heavy atom. The number of hydrogen-bond donors (Lipinski definition) is 0. The summed E-state index contributed by atoms with van der Waals surface area (Å²) in [5.74, 6) is -0.435. The fourth-order valence-corrected chi connectivity index (χ4v) is 2.79. The van der Waals surface area contributed by atoms with Crippen molar-refractivity contribution in [1.82, 2.24) is 4.90 Å². The van der Waals surface area contributed by atoms with E-state index in [4.69, 9.17) is 4.74 Å². The van der Waals surface area contributed by atoms with Crippen molar-refractivity contribution in [2.75, 3.05) is 19.7 Å². The van der Waals surface area contributed by atoms with Crippen molar-refractivity contribution >= 4 is 11.9 Å². The minimum absolute atomic E-state index is 0.0928. The highest BCUT2D eigenvalue weighted by Gasteiger charge is 2.31. The average Bonchev–Trinajstić information content (AvgIpc) is 2.54. The molecule has 1 amide bonds. The Balaban J connectivity index is 2.00. The molecule has 0 spiro atoms. The molecule has 2 atom stereocenters. The summed E-state index contributed by atoms with van der Waals surface area (Å²) in [5.41, 5.74) is 1.01. The van der Waals surface area contributed by atoms with Crippen LogP contribution in [0.3, 0.4) is 0 Å². The smallest absolute Gasteiger partial charge is 0.310 e. The van der Waals surface area contributed by atoms with E-state index >= 15 is 0 Å². The lowest BCUT2D eigenvalue weighted by atomic mass is 9.94.